The molecule has 1 unspecified atom stereocenters. The molecule has 0 spiro atoms. The first-order valence-corrected chi connectivity index (χ1v) is 6.32. The predicted molar refractivity (Wildman–Crippen MR) is 78.2 cm³/mol. The first-order valence-electron chi connectivity index (χ1n) is 5.95. The van der Waals surface area contributed by atoms with Gasteiger partial charge in [0.05, 0.1) is 0 Å². The number of hydrogen-bond donors (Lipinski definition) is 2. The lowest BCUT2D eigenvalue weighted by Gasteiger charge is -2.13. The van der Waals surface area contributed by atoms with Crippen LogP contribution in [0.15, 0.2) is 48.5 Å². The molecule has 19 heavy (non-hydrogen) atoms. The van der Waals surface area contributed by atoms with Gasteiger partial charge in [0.25, 0.3) is 0 Å². The molecule has 4 heteroatoms. The molecule has 98 valence electrons. The second-order valence-corrected chi connectivity index (χ2v) is 4.82. The van der Waals surface area contributed by atoms with Crippen LogP contribution in [0.5, 0.6) is 0 Å². The smallest absolute Gasteiger partial charge is 0.245 e. The van der Waals surface area contributed by atoms with Crippen molar-refractivity contribution in [3.8, 4) is 0 Å². The van der Waals surface area contributed by atoms with E-state index in [2.05, 4.69) is 5.32 Å². The van der Waals surface area contributed by atoms with Gasteiger partial charge in [0, 0.05) is 10.7 Å². The van der Waals surface area contributed by atoms with Gasteiger partial charge in [-0.25, -0.2) is 0 Å². The second-order valence-electron chi connectivity index (χ2n) is 4.39. The Morgan fingerprint density at radius 1 is 1.21 bits per heavy atom. The molecule has 1 amide bonds. The van der Waals surface area contributed by atoms with Crippen LogP contribution in [0.2, 0.25) is 5.02 Å². The zero-order chi connectivity index (χ0) is 13.8. The number of carbonyl (C=O) groups excluding carboxylic acids is 1. The highest BCUT2D eigenvalue weighted by molar-refractivity contribution is 6.30. The van der Waals surface area contributed by atoms with Crippen molar-refractivity contribution in [1.82, 2.24) is 0 Å². The third-order valence-corrected chi connectivity index (χ3v) is 3.05. The zero-order valence-corrected chi connectivity index (χ0v) is 11.3. The van der Waals surface area contributed by atoms with E-state index >= 15 is 0 Å². The fourth-order valence-corrected chi connectivity index (χ4v) is 1.90. The van der Waals surface area contributed by atoms with E-state index in [9.17, 15) is 4.79 Å². The van der Waals surface area contributed by atoms with Crippen LogP contribution in [-0.4, -0.2) is 5.91 Å². The van der Waals surface area contributed by atoms with E-state index in [0.29, 0.717) is 10.7 Å². The Kier molecular flexibility index (Phi) is 4.20. The van der Waals surface area contributed by atoms with Gasteiger partial charge in [-0.05, 0) is 30.7 Å². The summed E-state index contributed by atoms with van der Waals surface area (Å²) in [4.78, 5) is 12.0. The molecule has 0 aliphatic rings. The summed E-state index contributed by atoms with van der Waals surface area (Å²) in [6, 6.07) is 13.9. The maximum atomic E-state index is 12.0. The van der Waals surface area contributed by atoms with Crippen molar-refractivity contribution in [3.63, 3.8) is 0 Å². The van der Waals surface area contributed by atoms with Crippen molar-refractivity contribution in [3.05, 3.63) is 64.7 Å². The summed E-state index contributed by atoms with van der Waals surface area (Å²) in [6.45, 7) is 1.99. The van der Waals surface area contributed by atoms with Gasteiger partial charge in [-0.1, -0.05) is 47.5 Å². The van der Waals surface area contributed by atoms with Crippen molar-refractivity contribution in [2.24, 2.45) is 5.73 Å². The Morgan fingerprint density at radius 3 is 2.53 bits per heavy atom. The molecule has 0 radical (unpaired) electrons. The molecule has 0 aromatic heterocycles. The molecule has 2 aromatic carbocycles. The van der Waals surface area contributed by atoms with Crippen LogP contribution in [0.1, 0.15) is 17.2 Å². The molecule has 3 nitrogen and oxygen atoms in total. The molecule has 0 aliphatic carbocycles. The molecular formula is C15H15ClN2O. The molecule has 0 heterocycles. The zero-order valence-electron chi connectivity index (χ0n) is 10.6. The third-order valence-electron chi connectivity index (χ3n) is 2.81. The highest BCUT2D eigenvalue weighted by Crippen LogP contribution is 2.17. The van der Waals surface area contributed by atoms with Gasteiger partial charge >= 0.3 is 0 Å². The Labute approximate surface area is 117 Å². The van der Waals surface area contributed by atoms with Gasteiger partial charge in [-0.15, -0.1) is 0 Å². The average Bonchev–Trinajstić information content (AvgIpc) is 2.39. The predicted octanol–water partition coefficient (Wildman–Crippen LogP) is 3.29. The lowest BCUT2D eigenvalue weighted by Crippen LogP contribution is -2.27. The van der Waals surface area contributed by atoms with Crippen molar-refractivity contribution < 1.29 is 4.79 Å². The van der Waals surface area contributed by atoms with Crippen molar-refractivity contribution >= 4 is 23.2 Å². The van der Waals surface area contributed by atoms with E-state index < -0.39 is 6.04 Å². The summed E-state index contributed by atoms with van der Waals surface area (Å²) in [5.74, 6) is -0.258. The second kappa shape index (κ2) is 5.87. The topological polar surface area (TPSA) is 55.1 Å². The summed E-state index contributed by atoms with van der Waals surface area (Å²) < 4.78 is 0. The quantitative estimate of drug-likeness (QED) is 0.902. The molecule has 0 saturated heterocycles. The number of benzene rings is 2. The maximum Gasteiger partial charge on any atom is 0.245 e. The van der Waals surface area contributed by atoms with Gasteiger partial charge < -0.3 is 11.1 Å². The van der Waals surface area contributed by atoms with Gasteiger partial charge in [-0.2, -0.15) is 0 Å². The normalized spacial score (nSPS) is 11.9. The molecule has 0 bridgehead atoms. The Hall–Kier alpha value is -1.84. The minimum atomic E-state index is -0.695. The van der Waals surface area contributed by atoms with E-state index in [-0.39, 0.29) is 5.91 Å². The molecular weight excluding hydrogens is 260 g/mol. The van der Waals surface area contributed by atoms with Gasteiger partial charge in [0.2, 0.25) is 5.91 Å². The van der Waals surface area contributed by atoms with E-state index in [4.69, 9.17) is 17.3 Å². The van der Waals surface area contributed by atoms with Crippen LogP contribution >= 0.6 is 11.6 Å². The molecule has 2 aromatic rings. The number of aryl methyl sites for hydroxylation is 1. The van der Waals surface area contributed by atoms with Crippen LogP contribution in [0, 0.1) is 6.92 Å². The van der Waals surface area contributed by atoms with Gasteiger partial charge in [0.1, 0.15) is 6.04 Å². The highest BCUT2D eigenvalue weighted by atomic mass is 35.5. The fourth-order valence-electron chi connectivity index (χ4n) is 1.71. The van der Waals surface area contributed by atoms with Crippen LogP contribution in [0.4, 0.5) is 5.69 Å². The fraction of sp³-hybridized carbons (Fsp3) is 0.133. The Bertz CT molecular complexity index is 581. The first-order chi connectivity index (χ1) is 9.06. The van der Waals surface area contributed by atoms with E-state index in [1.54, 1.807) is 24.3 Å². The number of carbonyl (C=O) groups is 1. The number of anilines is 1. The summed E-state index contributed by atoms with van der Waals surface area (Å²) in [5, 5.41) is 3.32. The monoisotopic (exact) mass is 274 g/mol. The summed E-state index contributed by atoms with van der Waals surface area (Å²) in [5.41, 5.74) is 8.48. The number of nitrogens with two attached hydrogens (primary N) is 1. The summed E-state index contributed by atoms with van der Waals surface area (Å²) >= 11 is 5.86. The van der Waals surface area contributed by atoms with Crippen LogP contribution < -0.4 is 11.1 Å². The number of hydrogen-bond acceptors (Lipinski definition) is 2. The molecule has 3 N–H and O–H groups in total. The standard InChI is InChI=1S/C15H15ClN2O/c1-10-5-7-11(8-6-10)14(17)15(19)18-13-4-2-3-12(16)9-13/h2-9,14H,17H2,1H3,(H,18,19). The number of amides is 1. The lowest BCUT2D eigenvalue weighted by molar-refractivity contribution is -0.117. The number of rotatable bonds is 3. The molecule has 0 aliphatic heterocycles. The van der Waals surface area contributed by atoms with Crippen LogP contribution in [0.3, 0.4) is 0 Å². The first kappa shape index (κ1) is 13.6. The number of nitrogens with one attached hydrogen (secondary N) is 1. The van der Waals surface area contributed by atoms with Gasteiger partial charge in [-0.3, -0.25) is 4.79 Å². The Morgan fingerprint density at radius 2 is 1.89 bits per heavy atom. The minimum absolute atomic E-state index is 0.258. The third kappa shape index (κ3) is 3.56. The largest absolute Gasteiger partial charge is 0.324 e. The molecule has 2 rings (SSSR count). The van der Waals surface area contributed by atoms with Crippen molar-refractivity contribution in [2.45, 2.75) is 13.0 Å². The maximum absolute atomic E-state index is 12.0. The van der Waals surface area contributed by atoms with Gasteiger partial charge in [0.15, 0.2) is 0 Å². The minimum Gasteiger partial charge on any atom is -0.324 e. The van der Waals surface area contributed by atoms with Crippen molar-refractivity contribution in [1.29, 1.82) is 0 Å². The summed E-state index contributed by atoms with van der Waals surface area (Å²) in [7, 11) is 0. The molecule has 1 atom stereocenters. The summed E-state index contributed by atoms with van der Waals surface area (Å²) in [6.07, 6.45) is 0. The van der Waals surface area contributed by atoms with Crippen LogP contribution in [0.25, 0.3) is 0 Å². The Balaban J connectivity index is 2.09. The van der Waals surface area contributed by atoms with Crippen molar-refractivity contribution in [2.75, 3.05) is 5.32 Å². The highest BCUT2D eigenvalue weighted by Gasteiger charge is 2.15. The van der Waals surface area contributed by atoms with E-state index in [0.717, 1.165) is 11.1 Å². The number of halogens is 1. The average molecular weight is 275 g/mol. The molecule has 0 fully saturated rings. The van der Waals surface area contributed by atoms with E-state index in [1.165, 1.54) is 0 Å². The SMILES string of the molecule is Cc1ccc(C(N)C(=O)Nc2cccc(Cl)c2)cc1. The molecule has 0 saturated carbocycles. The lowest BCUT2D eigenvalue weighted by atomic mass is 10.1. The van der Waals surface area contributed by atoms with E-state index in [1.807, 2.05) is 31.2 Å². The van der Waals surface area contributed by atoms with Crippen LogP contribution in [-0.2, 0) is 4.79 Å².